The Morgan fingerprint density at radius 3 is 3.00 bits per heavy atom. The molecule has 3 atom stereocenters. The minimum atomic E-state index is 0.339. The van der Waals surface area contributed by atoms with Gasteiger partial charge in [-0.1, -0.05) is 18.0 Å². The molecule has 1 N–H and O–H groups in total. The van der Waals surface area contributed by atoms with Gasteiger partial charge in [-0.3, -0.25) is 4.99 Å². The number of guanidine groups is 1. The zero-order valence-electron chi connectivity index (χ0n) is 14.0. The number of nitrogens with zero attached hydrogens (tertiary/aromatic N) is 3. The van der Waals surface area contributed by atoms with Crippen LogP contribution in [0, 0.1) is 11.3 Å². The minimum absolute atomic E-state index is 0.339. The Bertz CT molecular complexity index is 565. The first kappa shape index (κ1) is 15.0. The van der Waals surface area contributed by atoms with Gasteiger partial charge in [0.15, 0.2) is 5.96 Å². The first-order valence-corrected chi connectivity index (χ1v) is 8.70. The minimum Gasteiger partial charge on any atom is -0.377 e. The van der Waals surface area contributed by atoms with E-state index in [9.17, 15) is 0 Å². The van der Waals surface area contributed by atoms with Crippen LogP contribution in [0.5, 0.6) is 0 Å². The third-order valence-electron chi connectivity index (χ3n) is 6.03. The first-order chi connectivity index (χ1) is 11.2. The lowest BCUT2D eigenvalue weighted by Crippen LogP contribution is -2.69. The van der Waals surface area contributed by atoms with Gasteiger partial charge in [0.2, 0.25) is 0 Å². The average Bonchev–Trinajstić information content (AvgIpc) is 3.28. The van der Waals surface area contributed by atoms with Crippen molar-refractivity contribution >= 4 is 5.96 Å². The predicted molar refractivity (Wildman–Crippen MR) is 87.0 cm³/mol. The van der Waals surface area contributed by atoms with Crippen LogP contribution in [0.2, 0.25) is 0 Å². The van der Waals surface area contributed by atoms with Crippen LogP contribution in [0.15, 0.2) is 21.8 Å². The van der Waals surface area contributed by atoms with E-state index in [-0.39, 0.29) is 0 Å². The molecule has 2 saturated carbocycles. The van der Waals surface area contributed by atoms with Gasteiger partial charge in [0.25, 0.3) is 0 Å². The highest BCUT2D eigenvalue weighted by Crippen LogP contribution is 2.60. The summed E-state index contributed by atoms with van der Waals surface area (Å²) < 4.78 is 11.0. The summed E-state index contributed by atoms with van der Waals surface area (Å²) in [4.78, 5) is 6.61. The van der Waals surface area contributed by atoms with E-state index in [2.05, 4.69) is 20.4 Å². The molecule has 3 fully saturated rings. The summed E-state index contributed by atoms with van der Waals surface area (Å²) in [5, 5.41) is 7.75. The van der Waals surface area contributed by atoms with Crippen molar-refractivity contribution in [2.24, 2.45) is 16.3 Å². The summed E-state index contributed by atoms with van der Waals surface area (Å²) in [6.07, 6.45) is 8.50. The Kier molecular flexibility index (Phi) is 3.79. The highest BCUT2D eigenvalue weighted by Gasteiger charge is 2.65. The molecule has 0 bridgehead atoms. The molecule has 0 amide bonds. The molecule has 3 aliphatic rings. The van der Waals surface area contributed by atoms with Gasteiger partial charge < -0.3 is 19.5 Å². The zero-order chi connectivity index (χ0) is 15.9. The number of ether oxygens (including phenoxy) is 1. The average molecular weight is 318 g/mol. The molecule has 126 valence electrons. The fourth-order valence-electron chi connectivity index (χ4n) is 5.03. The maximum atomic E-state index is 6.06. The maximum Gasteiger partial charge on any atom is 0.193 e. The third-order valence-corrected chi connectivity index (χ3v) is 6.03. The topological polar surface area (TPSA) is 62.9 Å². The lowest BCUT2D eigenvalue weighted by atomic mass is 9.54. The van der Waals surface area contributed by atoms with Gasteiger partial charge in [-0.05, 0) is 19.3 Å². The first-order valence-electron chi connectivity index (χ1n) is 8.70. The van der Waals surface area contributed by atoms with E-state index in [4.69, 9.17) is 9.26 Å². The lowest BCUT2D eigenvalue weighted by Gasteiger charge is -2.57. The van der Waals surface area contributed by atoms with Crippen molar-refractivity contribution in [2.45, 2.75) is 50.8 Å². The van der Waals surface area contributed by atoms with E-state index < -0.39 is 0 Å². The van der Waals surface area contributed by atoms with Crippen molar-refractivity contribution in [1.29, 1.82) is 0 Å². The molecule has 6 heteroatoms. The molecule has 1 aromatic heterocycles. The van der Waals surface area contributed by atoms with Gasteiger partial charge in [0.1, 0.15) is 12.0 Å². The van der Waals surface area contributed by atoms with Crippen LogP contribution in [0.25, 0.3) is 0 Å². The van der Waals surface area contributed by atoms with Crippen LogP contribution in [0.3, 0.4) is 0 Å². The Balaban J connectivity index is 1.47. The molecule has 1 aromatic rings. The Hall–Kier alpha value is -1.56. The fourth-order valence-corrected chi connectivity index (χ4v) is 5.03. The summed E-state index contributed by atoms with van der Waals surface area (Å²) in [5.74, 6) is 1.58. The molecule has 23 heavy (non-hydrogen) atoms. The number of aliphatic imine (C=N–C) groups is 1. The van der Waals surface area contributed by atoms with Gasteiger partial charge in [0, 0.05) is 44.1 Å². The summed E-state index contributed by atoms with van der Waals surface area (Å²) in [6, 6.07) is 2.39. The van der Waals surface area contributed by atoms with E-state index in [0.29, 0.717) is 30.0 Å². The molecule has 1 aliphatic heterocycles. The van der Waals surface area contributed by atoms with Crippen molar-refractivity contribution in [1.82, 2.24) is 15.4 Å². The quantitative estimate of drug-likeness (QED) is 0.682. The molecule has 1 saturated heterocycles. The van der Waals surface area contributed by atoms with Crippen molar-refractivity contribution in [3.8, 4) is 0 Å². The number of fused-ring (bicyclic) bond motifs is 2. The van der Waals surface area contributed by atoms with Crippen LogP contribution in [0.4, 0.5) is 0 Å². The van der Waals surface area contributed by atoms with Crippen LogP contribution >= 0.6 is 0 Å². The van der Waals surface area contributed by atoms with Crippen molar-refractivity contribution in [3.63, 3.8) is 0 Å². The van der Waals surface area contributed by atoms with E-state index >= 15 is 0 Å². The standard InChI is InChI=1S/C17H26N4O2/c1-18-16(21(2)11-12-5-10-23-20-12)19-14-13-6-9-22-15(13)17(14)7-3-4-8-17/h5,10,13-15H,3-4,6-9,11H2,1-2H3,(H,18,19). The number of rotatable bonds is 3. The number of nitrogens with one attached hydrogen (secondary N) is 1. The van der Waals surface area contributed by atoms with E-state index in [1.165, 1.54) is 32.1 Å². The Morgan fingerprint density at radius 2 is 2.30 bits per heavy atom. The number of hydrogen-bond acceptors (Lipinski definition) is 4. The normalized spacial score (nSPS) is 31.9. The Labute approximate surface area is 137 Å². The summed E-state index contributed by atoms with van der Waals surface area (Å²) in [7, 11) is 3.90. The molecule has 3 unspecified atom stereocenters. The molecular formula is C17H26N4O2. The van der Waals surface area contributed by atoms with E-state index in [1.54, 1.807) is 6.26 Å². The smallest absolute Gasteiger partial charge is 0.193 e. The van der Waals surface area contributed by atoms with Gasteiger partial charge in [-0.2, -0.15) is 0 Å². The molecule has 0 aromatic carbocycles. The highest BCUT2D eigenvalue weighted by molar-refractivity contribution is 5.80. The second kappa shape index (κ2) is 5.82. The third kappa shape index (κ3) is 2.35. The second-order valence-electron chi connectivity index (χ2n) is 7.20. The van der Waals surface area contributed by atoms with Gasteiger partial charge >= 0.3 is 0 Å². The van der Waals surface area contributed by atoms with Gasteiger partial charge in [-0.25, -0.2) is 0 Å². The molecule has 2 aliphatic carbocycles. The summed E-state index contributed by atoms with van der Waals surface area (Å²) in [5.41, 5.74) is 1.26. The largest absolute Gasteiger partial charge is 0.377 e. The fraction of sp³-hybridized carbons (Fsp3) is 0.765. The Morgan fingerprint density at radius 1 is 1.48 bits per heavy atom. The van der Waals surface area contributed by atoms with E-state index in [0.717, 1.165) is 18.3 Å². The predicted octanol–water partition coefficient (Wildman–Crippen LogP) is 2.03. The lowest BCUT2D eigenvalue weighted by molar-refractivity contribution is -0.125. The van der Waals surface area contributed by atoms with Crippen molar-refractivity contribution < 1.29 is 9.26 Å². The van der Waals surface area contributed by atoms with Crippen LogP contribution < -0.4 is 5.32 Å². The molecule has 6 nitrogen and oxygen atoms in total. The van der Waals surface area contributed by atoms with Crippen LogP contribution in [-0.4, -0.2) is 48.9 Å². The molecule has 2 heterocycles. The van der Waals surface area contributed by atoms with E-state index in [1.807, 2.05) is 20.2 Å². The molecule has 4 rings (SSSR count). The van der Waals surface area contributed by atoms with Crippen LogP contribution in [-0.2, 0) is 11.3 Å². The summed E-state index contributed by atoms with van der Waals surface area (Å²) >= 11 is 0. The summed E-state index contributed by atoms with van der Waals surface area (Å²) in [6.45, 7) is 1.61. The van der Waals surface area contributed by atoms with Gasteiger partial charge in [-0.15, -0.1) is 0 Å². The zero-order valence-corrected chi connectivity index (χ0v) is 14.0. The van der Waals surface area contributed by atoms with Gasteiger partial charge in [0.05, 0.1) is 12.6 Å². The molecular weight excluding hydrogens is 292 g/mol. The van der Waals surface area contributed by atoms with Crippen molar-refractivity contribution in [2.75, 3.05) is 20.7 Å². The van der Waals surface area contributed by atoms with Crippen LogP contribution in [0.1, 0.15) is 37.8 Å². The molecule has 1 spiro atoms. The second-order valence-corrected chi connectivity index (χ2v) is 7.20. The number of aromatic nitrogens is 1. The SMILES string of the molecule is CN=C(NC1C2CCOC2C12CCCC2)N(C)Cc1ccon1. The van der Waals surface area contributed by atoms with Crippen molar-refractivity contribution in [3.05, 3.63) is 18.0 Å². The number of hydrogen-bond donors (Lipinski definition) is 1. The molecule has 0 radical (unpaired) electrons. The highest BCUT2D eigenvalue weighted by atomic mass is 16.5. The maximum absolute atomic E-state index is 6.06. The monoisotopic (exact) mass is 318 g/mol.